The lowest BCUT2D eigenvalue weighted by molar-refractivity contribution is -0.141. The first-order chi connectivity index (χ1) is 12.7. The highest BCUT2D eigenvalue weighted by atomic mass is 19.4. The first-order valence-corrected chi connectivity index (χ1v) is 7.59. The molecule has 0 fully saturated rings. The highest BCUT2D eigenvalue weighted by Gasteiger charge is 2.33. The number of nitrogens with zero attached hydrogens (tertiary/aromatic N) is 4. The van der Waals surface area contributed by atoms with E-state index in [-0.39, 0.29) is 16.3 Å². The van der Waals surface area contributed by atoms with E-state index in [1.54, 1.807) is 0 Å². The van der Waals surface area contributed by atoms with Gasteiger partial charge in [0, 0.05) is 24.0 Å². The van der Waals surface area contributed by atoms with Crippen molar-refractivity contribution in [3.8, 4) is 5.69 Å². The van der Waals surface area contributed by atoms with Crippen molar-refractivity contribution in [3.63, 3.8) is 0 Å². The van der Waals surface area contributed by atoms with Gasteiger partial charge in [-0.3, -0.25) is 14.0 Å². The number of para-hydroxylation sites is 1. The van der Waals surface area contributed by atoms with Crippen molar-refractivity contribution >= 4 is 21.9 Å². The minimum atomic E-state index is -4.80. The fourth-order valence-electron chi connectivity index (χ4n) is 2.94. The van der Waals surface area contributed by atoms with Gasteiger partial charge in [-0.25, -0.2) is 13.8 Å². The zero-order chi connectivity index (χ0) is 19.5. The number of alkyl halides is 3. The van der Waals surface area contributed by atoms with Gasteiger partial charge in [-0.05, 0) is 24.3 Å². The average Bonchev–Trinajstić information content (AvgIpc) is 2.98. The van der Waals surface area contributed by atoms with Crippen molar-refractivity contribution in [2.45, 2.75) is 6.18 Å². The zero-order valence-electron chi connectivity index (χ0n) is 13.6. The van der Waals surface area contributed by atoms with Crippen LogP contribution in [0.5, 0.6) is 0 Å². The van der Waals surface area contributed by atoms with Crippen molar-refractivity contribution in [2.75, 3.05) is 0 Å². The molecule has 0 amide bonds. The largest absolute Gasteiger partial charge is 0.433 e. The van der Waals surface area contributed by atoms with E-state index in [0.717, 1.165) is 30.3 Å². The van der Waals surface area contributed by atoms with Crippen molar-refractivity contribution in [1.82, 2.24) is 19.3 Å². The van der Waals surface area contributed by atoms with Gasteiger partial charge in [-0.2, -0.15) is 18.3 Å². The molecule has 27 heavy (non-hydrogen) atoms. The lowest BCUT2D eigenvalue weighted by Gasteiger charge is -2.13. The lowest BCUT2D eigenvalue weighted by atomic mass is 10.1. The van der Waals surface area contributed by atoms with Crippen LogP contribution >= 0.6 is 0 Å². The van der Waals surface area contributed by atoms with Crippen LogP contribution in [-0.4, -0.2) is 19.3 Å². The molecule has 0 aliphatic heterocycles. The number of pyridine rings is 2. The van der Waals surface area contributed by atoms with Crippen LogP contribution in [0, 0.1) is 11.6 Å². The molecule has 0 aliphatic rings. The maximum Gasteiger partial charge on any atom is 0.433 e. The van der Waals surface area contributed by atoms with Gasteiger partial charge in [0.05, 0.1) is 0 Å². The van der Waals surface area contributed by atoms with Crippen LogP contribution in [0.1, 0.15) is 5.69 Å². The quantitative estimate of drug-likeness (QED) is 0.475. The predicted molar refractivity (Wildman–Crippen MR) is 86.5 cm³/mol. The van der Waals surface area contributed by atoms with Crippen LogP contribution < -0.4 is 5.56 Å². The number of hydrogen-bond donors (Lipinski definition) is 0. The summed E-state index contributed by atoms with van der Waals surface area (Å²) in [5, 5.41) is 4.30. The van der Waals surface area contributed by atoms with E-state index < -0.39 is 40.4 Å². The minimum absolute atomic E-state index is 0.105. The van der Waals surface area contributed by atoms with Gasteiger partial charge in [0.25, 0.3) is 5.56 Å². The van der Waals surface area contributed by atoms with E-state index in [0.29, 0.717) is 4.57 Å². The van der Waals surface area contributed by atoms with Gasteiger partial charge >= 0.3 is 6.18 Å². The van der Waals surface area contributed by atoms with E-state index in [1.807, 2.05) is 0 Å². The Morgan fingerprint density at radius 1 is 1.00 bits per heavy atom. The van der Waals surface area contributed by atoms with Crippen LogP contribution in [0.25, 0.3) is 27.6 Å². The smallest absolute Gasteiger partial charge is 0.274 e. The molecule has 0 spiro atoms. The van der Waals surface area contributed by atoms with Crippen molar-refractivity contribution in [3.05, 3.63) is 64.2 Å². The lowest BCUT2D eigenvalue weighted by Crippen LogP contribution is -2.23. The summed E-state index contributed by atoms with van der Waals surface area (Å²) < 4.78 is 69.7. The molecular formula is C17H9F5N4O. The van der Waals surface area contributed by atoms with Gasteiger partial charge in [-0.1, -0.05) is 6.07 Å². The molecule has 4 rings (SSSR count). The number of fused-ring (bicyclic) bond motifs is 3. The standard InChI is InChI=1S/C17H9F5N4O/c1-25-7-9-8-5-6-12(17(20,21)22)23-15(8)26(16(27)13(9)24-25)14-10(18)3-2-4-11(14)19/h2-7H,1H3. The molecule has 0 atom stereocenters. The van der Waals surface area contributed by atoms with Gasteiger partial charge in [0.1, 0.15) is 28.7 Å². The van der Waals surface area contributed by atoms with Gasteiger partial charge in [-0.15, -0.1) is 0 Å². The molecule has 0 radical (unpaired) electrons. The fraction of sp³-hybridized carbons (Fsp3) is 0.118. The summed E-state index contributed by atoms with van der Waals surface area (Å²) in [4.78, 5) is 16.3. The highest BCUT2D eigenvalue weighted by Crippen LogP contribution is 2.31. The Kier molecular flexibility index (Phi) is 3.55. The molecule has 4 aromatic rings. The van der Waals surface area contributed by atoms with E-state index >= 15 is 0 Å². The second kappa shape index (κ2) is 5.60. The summed E-state index contributed by atoms with van der Waals surface area (Å²) in [7, 11) is 1.51. The Balaban J connectivity index is 2.27. The second-order valence-electron chi connectivity index (χ2n) is 5.84. The summed E-state index contributed by atoms with van der Waals surface area (Å²) in [6, 6.07) is 4.71. The first-order valence-electron chi connectivity index (χ1n) is 7.59. The van der Waals surface area contributed by atoms with E-state index in [9.17, 15) is 26.7 Å². The van der Waals surface area contributed by atoms with Crippen molar-refractivity contribution < 1.29 is 22.0 Å². The Labute approximate surface area is 147 Å². The van der Waals surface area contributed by atoms with Crippen LogP contribution in [0.15, 0.2) is 41.3 Å². The van der Waals surface area contributed by atoms with Crippen molar-refractivity contribution in [2.24, 2.45) is 7.05 Å². The molecule has 3 heterocycles. The molecule has 0 saturated carbocycles. The normalized spacial score (nSPS) is 12.2. The fourth-order valence-corrected chi connectivity index (χ4v) is 2.94. The van der Waals surface area contributed by atoms with Crippen LogP contribution in [0.3, 0.4) is 0 Å². The molecule has 3 aromatic heterocycles. The van der Waals surface area contributed by atoms with Gasteiger partial charge in [0.15, 0.2) is 5.52 Å². The molecule has 5 nitrogen and oxygen atoms in total. The molecule has 0 unspecified atom stereocenters. The third kappa shape index (κ3) is 2.56. The monoisotopic (exact) mass is 380 g/mol. The van der Waals surface area contributed by atoms with E-state index in [1.165, 1.54) is 17.9 Å². The number of hydrogen-bond acceptors (Lipinski definition) is 3. The Hall–Kier alpha value is -3.30. The van der Waals surface area contributed by atoms with Crippen LogP contribution in [-0.2, 0) is 13.2 Å². The second-order valence-corrected chi connectivity index (χ2v) is 5.84. The molecular weight excluding hydrogens is 371 g/mol. The maximum atomic E-state index is 14.3. The van der Waals surface area contributed by atoms with E-state index in [2.05, 4.69) is 10.1 Å². The SMILES string of the molecule is Cn1cc2c(n1)c(=O)n(-c1c(F)cccc1F)c1nc(C(F)(F)F)ccc21. The summed E-state index contributed by atoms with van der Waals surface area (Å²) in [6.45, 7) is 0. The summed E-state index contributed by atoms with van der Waals surface area (Å²) in [5.74, 6) is -2.24. The third-order valence-corrected chi connectivity index (χ3v) is 4.06. The number of halogens is 5. The van der Waals surface area contributed by atoms with Crippen LogP contribution in [0.4, 0.5) is 22.0 Å². The molecule has 0 N–H and O–H groups in total. The highest BCUT2D eigenvalue weighted by molar-refractivity contribution is 6.03. The number of benzene rings is 1. The van der Waals surface area contributed by atoms with E-state index in [4.69, 9.17) is 0 Å². The third-order valence-electron chi connectivity index (χ3n) is 4.06. The molecule has 1 aromatic carbocycles. The molecule has 138 valence electrons. The maximum absolute atomic E-state index is 14.3. The number of aromatic nitrogens is 4. The Bertz CT molecular complexity index is 1250. The summed E-state index contributed by atoms with van der Waals surface area (Å²) >= 11 is 0. The summed E-state index contributed by atoms with van der Waals surface area (Å²) in [6.07, 6.45) is -3.37. The average molecular weight is 380 g/mol. The Morgan fingerprint density at radius 3 is 2.30 bits per heavy atom. The molecule has 0 saturated heterocycles. The summed E-state index contributed by atoms with van der Waals surface area (Å²) in [5.41, 5.74) is -3.74. The Morgan fingerprint density at radius 2 is 1.67 bits per heavy atom. The molecule has 0 aliphatic carbocycles. The van der Waals surface area contributed by atoms with Crippen LogP contribution in [0.2, 0.25) is 0 Å². The number of rotatable bonds is 1. The molecule has 0 bridgehead atoms. The van der Waals surface area contributed by atoms with Gasteiger partial charge in [0.2, 0.25) is 0 Å². The van der Waals surface area contributed by atoms with Gasteiger partial charge < -0.3 is 0 Å². The topological polar surface area (TPSA) is 52.7 Å². The minimum Gasteiger partial charge on any atom is -0.274 e. The zero-order valence-corrected chi connectivity index (χ0v) is 13.6. The predicted octanol–water partition coefficient (Wildman–Crippen LogP) is 3.57. The first kappa shape index (κ1) is 17.1. The van der Waals surface area contributed by atoms with Crippen molar-refractivity contribution in [1.29, 1.82) is 0 Å². The number of aryl methyl sites for hydroxylation is 1. The molecule has 10 heteroatoms.